The maximum absolute atomic E-state index is 12.4. The number of allylic oxidation sites excluding steroid dienone is 1. The Labute approximate surface area is 155 Å². The molecule has 25 heavy (non-hydrogen) atoms. The smallest absolute Gasteiger partial charge is 0.161 e. The Morgan fingerprint density at radius 1 is 1.24 bits per heavy atom. The zero-order valence-electron chi connectivity index (χ0n) is 18.6. The Hall–Kier alpha value is -0.960. The number of rotatable bonds is 1. The lowest BCUT2D eigenvalue weighted by Crippen LogP contribution is -2.57. The van der Waals surface area contributed by atoms with Crippen LogP contribution in [-0.4, -0.2) is 22.3 Å². The predicted octanol–water partition coefficient (Wildman–Crippen LogP) is 4.08. The highest BCUT2D eigenvalue weighted by Crippen LogP contribution is 2.68. The average Bonchev–Trinajstić information content (AvgIpc) is 2.87. The van der Waals surface area contributed by atoms with Crippen molar-refractivity contribution in [2.24, 2.45) is 34.5 Å². The van der Waals surface area contributed by atoms with E-state index in [-0.39, 0.29) is 28.8 Å². The first-order valence-corrected chi connectivity index (χ1v) is 9.83. The molecule has 1 N–H and O–H groups in total. The molecule has 7 atom stereocenters. The van der Waals surface area contributed by atoms with Crippen LogP contribution in [0.3, 0.4) is 0 Å². The lowest BCUT2D eigenvalue weighted by Gasteiger charge is -2.60. The van der Waals surface area contributed by atoms with Gasteiger partial charge in [-0.3, -0.25) is 9.59 Å². The van der Waals surface area contributed by atoms with Crippen LogP contribution in [0.2, 0.25) is 0 Å². The van der Waals surface area contributed by atoms with E-state index in [1.807, 2.05) is 6.92 Å². The van der Waals surface area contributed by atoms with Gasteiger partial charge in [-0.15, -0.1) is 0 Å². The van der Waals surface area contributed by atoms with Crippen molar-refractivity contribution in [3.63, 3.8) is 0 Å². The van der Waals surface area contributed by atoms with Crippen molar-refractivity contribution in [1.82, 2.24) is 0 Å². The Kier molecular flexibility index (Phi) is 2.99. The van der Waals surface area contributed by atoms with Gasteiger partial charge in [-0.05, 0) is 80.6 Å². The molecule has 0 aliphatic heterocycles. The number of hydrogen-bond acceptors (Lipinski definition) is 3. The summed E-state index contributed by atoms with van der Waals surface area (Å²) in [5.74, 6) is -0.0649. The van der Waals surface area contributed by atoms with Gasteiger partial charge in [-0.25, -0.2) is 0 Å². The van der Waals surface area contributed by atoms with E-state index in [9.17, 15) is 14.7 Å². The Morgan fingerprint density at radius 3 is 2.64 bits per heavy atom. The summed E-state index contributed by atoms with van der Waals surface area (Å²) in [6.07, 6.45) is 6.28. The zero-order chi connectivity index (χ0) is 20.7. The van der Waals surface area contributed by atoms with E-state index in [0.29, 0.717) is 31.6 Å². The molecule has 138 valence electrons. The molecule has 4 aliphatic rings. The second kappa shape index (κ2) is 5.28. The Bertz CT molecular complexity index is 757. The predicted molar refractivity (Wildman–Crippen MR) is 96.9 cm³/mol. The molecule has 3 nitrogen and oxygen atoms in total. The fourth-order valence-corrected chi connectivity index (χ4v) is 7.24. The SMILES string of the molecule is [2H]C([2H])([2H])[C@@H]1C[C@H]2[C@@H](CC[C@]3(C)[C@@H]2CC[C@@]3(O)C(C)=O)[C@]2(C)CCC(=O)C=C12. The van der Waals surface area contributed by atoms with Gasteiger partial charge in [0.15, 0.2) is 11.6 Å². The van der Waals surface area contributed by atoms with Crippen LogP contribution in [0.1, 0.15) is 76.7 Å². The summed E-state index contributed by atoms with van der Waals surface area (Å²) in [5.41, 5.74) is -1.21. The van der Waals surface area contributed by atoms with E-state index >= 15 is 0 Å². The molecule has 0 aromatic heterocycles. The molecule has 3 fully saturated rings. The van der Waals surface area contributed by atoms with Gasteiger partial charge in [0.2, 0.25) is 0 Å². The lowest BCUT2D eigenvalue weighted by atomic mass is 9.45. The molecular weight excluding hydrogens is 312 g/mol. The Balaban J connectivity index is 1.79. The summed E-state index contributed by atoms with van der Waals surface area (Å²) in [4.78, 5) is 24.5. The number of carbonyl (C=O) groups is 2. The van der Waals surface area contributed by atoms with Crippen LogP contribution in [0.5, 0.6) is 0 Å². The summed E-state index contributed by atoms with van der Waals surface area (Å²) in [6.45, 7) is 3.56. The molecule has 0 unspecified atom stereocenters. The van der Waals surface area contributed by atoms with Crippen molar-refractivity contribution in [3.8, 4) is 0 Å². The standard InChI is InChI=1S/C22H32O3/c1-13-11-16-17(20(3)8-5-15(24)12-19(13)20)6-9-21(4)18(16)7-10-22(21,25)14(2)23/h12-13,16-18,25H,5-11H2,1-4H3/t13-,16+,17-,18-,20+,21-,22-/m1/s1/i1D3. The third kappa shape index (κ3) is 2.08. The van der Waals surface area contributed by atoms with Crippen LogP contribution in [0.15, 0.2) is 11.6 Å². The summed E-state index contributed by atoms with van der Waals surface area (Å²) >= 11 is 0. The van der Waals surface area contributed by atoms with Crippen molar-refractivity contribution >= 4 is 11.6 Å². The fraction of sp³-hybridized carbons (Fsp3) is 0.818. The number of Topliss-reactive ketones (excluding diaryl/α,β-unsaturated/α-hetero) is 1. The normalized spacial score (nSPS) is 54.3. The summed E-state index contributed by atoms with van der Waals surface area (Å²) < 4.78 is 24.5. The first-order chi connectivity index (χ1) is 12.8. The molecule has 0 amide bonds. The van der Waals surface area contributed by atoms with Gasteiger partial charge >= 0.3 is 0 Å². The van der Waals surface area contributed by atoms with Crippen molar-refractivity contribution in [1.29, 1.82) is 0 Å². The third-order valence-electron chi connectivity index (χ3n) is 8.74. The first kappa shape index (κ1) is 14.1. The summed E-state index contributed by atoms with van der Waals surface area (Å²) in [7, 11) is 0. The second-order valence-electron chi connectivity index (χ2n) is 9.56. The molecule has 3 saturated carbocycles. The summed E-state index contributed by atoms with van der Waals surface area (Å²) in [5, 5.41) is 11.3. The maximum Gasteiger partial charge on any atom is 0.161 e. The minimum Gasteiger partial charge on any atom is -0.382 e. The maximum atomic E-state index is 12.4. The molecule has 0 heterocycles. The molecule has 0 bridgehead atoms. The fourth-order valence-electron chi connectivity index (χ4n) is 7.24. The van der Waals surface area contributed by atoms with Crippen molar-refractivity contribution in [3.05, 3.63) is 11.6 Å². The van der Waals surface area contributed by atoms with Crippen LogP contribution in [0.4, 0.5) is 0 Å². The van der Waals surface area contributed by atoms with Crippen LogP contribution in [0.25, 0.3) is 0 Å². The van der Waals surface area contributed by atoms with Crippen LogP contribution in [-0.2, 0) is 9.59 Å². The average molecular weight is 348 g/mol. The highest BCUT2D eigenvalue weighted by atomic mass is 16.3. The monoisotopic (exact) mass is 347 g/mol. The third-order valence-corrected chi connectivity index (χ3v) is 8.74. The second-order valence-corrected chi connectivity index (χ2v) is 9.56. The van der Waals surface area contributed by atoms with Crippen LogP contribution < -0.4 is 0 Å². The molecular formula is C22H32O3. The number of aliphatic hydroxyl groups is 1. The molecule has 0 radical (unpaired) electrons. The van der Waals surface area contributed by atoms with E-state index in [4.69, 9.17) is 4.11 Å². The topological polar surface area (TPSA) is 54.4 Å². The molecule has 3 heteroatoms. The van der Waals surface area contributed by atoms with E-state index in [0.717, 1.165) is 24.8 Å². The Morgan fingerprint density at radius 2 is 1.96 bits per heavy atom. The van der Waals surface area contributed by atoms with Gasteiger partial charge in [0.1, 0.15) is 5.60 Å². The molecule has 4 rings (SSSR count). The number of fused-ring (bicyclic) bond motifs is 5. The first-order valence-electron chi connectivity index (χ1n) is 11.3. The molecule has 4 aliphatic carbocycles. The number of hydrogen-bond donors (Lipinski definition) is 1. The van der Waals surface area contributed by atoms with Crippen molar-refractivity contribution in [2.75, 3.05) is 0 Å². The minimum absolute atomic E-state index is 0.0487. The van der Waals surface area contributed by atoms with E-state index < -0.39 is 23.8 Å². The zero-order valence-corrected chi connectivity index (χ0v) is 15.6. The van der Waals surface area contributed by atoms with Crippen molar-refractivity contribution < 1.29 is 18.8 Å². The largest absolute Gasteiger partial charge is 0.382 e. The van der Waals surface area contributed by atoms with E-state index in [2.05, 4.69) is 6.92 Å². The lowest BCUT2D eigenvalue weighted by molar-refractivity contribution is -0.161. The molecule has 0 aromatic carbocycles. The highest BCUT2D eigenvalue weighted by Gasteiger charge is 2.66. The van der Waals surface area contributed by atoms with Gasteiger partial charge < -0.3 is 5.11 Å². The molecule has 0 spiro atoms. The summed E-state index contributed by atoms with van der Waals surface area (Å²) in [6, 6.07) is 0. The van der Waals surface area contributed by atoms with Gasteiger partial charge in [-0.1, -0.05) is 26.3 Å². The van der Waals surface area contributed by atoms with Crippen LogP contribution in [0, 0.1) is 34.5 Å². The minimum atomic E-state index is -2.14. The quantitative estimate of drug-likeness (QED) is 0.777. The molecule has 0 saturated heterocycles. The van der Waals surface area contributed by atoms with Gasteiger partial charge in [0.05, 0.1) is 0 Å². The number of ketones is 2. The highest BCUT2D eigenvalue weighted by molar-refractivity contribution is 5.91. The number of carbonyl (C=O) groups excluding carboxylic acids is 2. The molecule has 0 aromatic rings. The van der Waals surface area contributed by atoms with Crippen LogP contribution >= 0.6 is 0 Å². The van der Waals surface area contributed by atoms with Crippen molar-refractivity contribution in [2.45, 2.75) is 78.2 Å². The van der Waals surface area contributed by atoms with Gasteiger partial charge in [0, 0.05) is 15.9 Å². The van der Waals surface area contributed by atoms with E-state index in [1.54, 1.807) is 6.08 Å². The van der Waals surface area contributed by atoms with E-state index in [1.165, 1.54) is 6.92 Å². The van der Waals surface area contributed by atoms with Gasteiger partial charge in [0.25, 0.3) is 0 Å². The van der Waals surface area contributed by atoms with Gasteiger partial charge in [-0.2, -0.15) is 0 Å².